The molecule has 2 aromatic rings. The first-order valence-electron chi connectivity index (χ1n) is 5.97. The van der Waals surface area contributed by atoms with E-state index in [1.807, 2.05) is 6.07 Å². The van der Waals surface area contributed by atoms with E-state index in [2.05, 4.69) is 23.4 Å². The first-order valence-corrected chi connectivity index (χ1v) is 6.85. The highest BCUT2D eigenvalue weighted by Gasteiger charge is 2.41. The van der Waals surface area contributed by atoms with Gasteiger partial charge in [0, 0.05) is 5.69 Å². The highest BCUT2D eigenvalue weighted by atomic mass is 32.1. The number of aromatic amines is 1. The first kappa shape index (κ1) is 11.0. The Hall–Kier alpha value is -1.13. The number of imidazole rings is 1. The molecule has 1 fully saturated rings. The summed E-state index contributed by atoms with van der Waals surface area (Å²) < 4.78 is 0. The Balaban J connectivity index is 2.01. The smallest absolute Gasteiger partial charge is 0.115 e. The lowest BCUT2D eigenvalue weighted by Crippen LogP contribution is -2.39. The molecule has 0 aromatic carbocycles. The van der Waals surface area contributed by atoms with E-state index in [4.69, 9.17) is 4.98 Å². The summed E-state index contributed by atoms with van der Waals surface area (Å²) >= 11 is 1.70. The van der Waals surface area contributed by atoms with Gasteiger partial charge in [0.25, 0.3) is 0 Å². The summed E-state index contributed by atoms with van der Waals surface area (Å²) in [7, 11) is 0. The van der Waals surface area contributed by atoms with Crippen molar-refractivity contribution >= 4 is 11.3 Å². The van der Waals surface area contributed by atoms with Gasteiger partial charge in [-0.1, -0.05) is 12.5 Å². The quantitative estimate of drug-likeness (QED) is 0.877. The van der Waals surface area contributed by atoms with Gasteiger partial charge in [-0.15, -0.1) is 11.3 Å². The van der Waals surface area contributed by atoms with Crippen LogP contribution >= 0.6 is 11.3 Å². The molecule has 3 nitrogen and oxygen atoms in total. The van der Waals surface area contributed by atoms with Crippen LogP contribution in [0.25, 0.3) is 10.6 Å². The van der Waals surface area contributed by atoms with E-state index >= 15 is 0 Å². The predicted octanol–water partition coefficient (Wildman–Crippen LogP) is 2.86. The van der Waals surface area contributed by atoms with E-state index in [1.54, 1.807) is 11.3 Å². The second-order valence-electron chi connectivity index (χ2n) is 4.83. The van der Waals surface area contributed by atoms with Crippen molar-refractivity contribution in [3.05, 3.63) is 29.0 Å². The zero-order chi connectivity index (χ0) is 11.9. The number of hydrogen-bond acceptors (Lipinski definition) is 3. The molecule has 0 atom stereocenters. The number of nitrogens with one attached hydrogen (secondary N) is 1. The molecular formula is C13H16N2OS. The highest BCUT2D eigenvalue weighted by Crippen LogP contribution is 2.43. The van der Waals surface area contributed by atoms with Crippen molar-refractivity contribution < 1.29 is 5.11 Å². The fourth-order valence-electron chi connectivity index (χ4n) is 2.44. The third kappa shape index (κ3) is 1.63. The van der Waals surface area contributed by atoms with E-state index in [1.165, 1.54) is 11.3 Å². The van der Waals surface area contributed by atoms with Crippen molar-refractivity contribution in [2.45, 2.75) is 31.6 Å². The Kier molecular flexibility index (Phi) is 2.56. The lowest BCUT2D eigenvalue weighted by atomic mass is 9.69. The van der Waals surface area contributed by atoms with Crippen molar-refractivity contribution in [1.29, 1.82) is 0 Å². The van der Waals surface area contributed by atoms with Crippen LogP contribution < -0.4 is 0 Å². The number of aromatic nitrogens is 2. The molecule has 1 aliphatic rings. The van der Waals surface area contributed by atoms with Gasteiger partial charge in [0.2, 0.25) is 0 Å². The summed E-state index contributed by atoms with van der Waals surface area (Å²) in [6, 6.07) is 4.13. The topological polar surface area (TPSA) is 48.9 Å². The zero-order valence-electron chi connectivity index (χ0n) is 9.86. The summed E-state index contributed by atoms with van der Waals surface area (Å²) in [5, 5.41) is 11.6. The van der Waals surface area contributed by atoms with Gasteiger partial charge in [0.15, 0.2) is 0 Å². The maximum Gasteiger partial charge on any atom is 0.115 e. The molecule has 3 rings (SSSR count). The Morgan fingerprint density at radius 1 is 1.53 bits per heavy atom. The molecular weight excluding hydrogens is 232 g/mol. The molecule has 0 saturated heterocycles. The molecule has 0 radical (unpaired) electrons. The molecule has 17 heavy (non-hydrogen) atoms. The molecule has 0 amide bonds. The van der Waals surface area contributed by atoms with Crippen LogP contribution in [0.15, 0.2) is 17.5 Å². The predicted molar refractivity (Wildman–Crippen MR) is 69.3 cm³/mol. The molecule has 1 saturated carbocycles. The molecule has 0 spiro atoms. The lowest BCUT2D eigenvalue weighted by molar-refractivity contribution is 0.113. The minimum absolute atomic E-state index is 0.0970. The van der Waals surface area contributed by atoms with E-state index in [9.17, 15) is 5.11 Å². The van der Waals surface area contributed by atoms with Gasteiger partial charge in [0.05, 0.1) is 16.9 Å². The number of aliphatic hydroxyl groups is 1. The normalized spacial score (nSPS) is 18.0. The lowest BCUT2D eigenvalue weighted by Gasteiger charge is -2.38. The highest BCUT2D eigenvalue weighted by molar-refractivity contribution is 7.13. The average Bonchev–Trinajstić information content (AvgIpc) is 2.86. The van der Waals surface area contributed by atoms with Crippen molar-refractivity contribution in [3.63, 3.8) is 0 Å². The van der Waals surface area contributed by atoms with Crippen molar-refractivity contribution in [3.8, 4) is 10.6 Å². The third-order valence-electron chi connectivity index (χ3n) is 3.75. The Bertz CT molecular complexity index is 506. The molecule has 2 aromatic heterocycles. The minimum atomic E-state index is -0.0970. The van der Waals surface area contributed by atoms with Gasteiger partial charge >= 0.3 is 0 Å². The van der Waals surface area contributed by atoms with E-state index in [0.29, 0.717) is 0 Å². The van der Waals surface area contributed by atoms with Crippen molar-refractivity contribution in [1.82, 2.24) is 9.97 Å². The number of rotatable bonds is 3. The molecule has 0 unspecified atom stereocenters. The summed E-state index contributed by atoms with van der Waals surface area (Å²) in [6.45, 7) is 2.25. The van der Waals surface area contributed by atoms with Crippen LogP contribution in [0.5, 0.6) is 0 Å². The Labute approximate surface area is 105 Å². The fourth-order valence-corrected chi connectivity index (χ4v) is 3.21. The second-order valence-corrected chi connectivity index (χ2v) is 5.78. The van der Waals surface area contributed by atoms with Crippen LogP contribution in [0.2, 0.25) is 0 Å². The SMILES string of the molecule is Cc1[nH]c(C2(CO)CCC2)nc1-c1cccs1. The van der Waals surface area contributed by atoms with E-state index in [-0.39, 0.29) is 12.0 Å². The molecule has 0 aliphatic heterocycles. The van der Waals surface area contributed by atoms with Crippen LogP contribution in [-0.2, 0) is 5.41 Å². The van der Waals surface area contributed by atoms with Gasteiger partial charge < -0.3 is 10.1 Å². The maximum absolute atomic E-state index is 9.56. The van der Waals surface area contributed by atoms with Crippen LogP contribution in [0.3, 0.4) is 0 Å². The van der Waals surface area contributed by atoms with Crippen LogP contribution in [-0.4, -0.2) is 21.7 Å². The summed E-state index contributed by atoms with van der Waals surface area (Å²) in [5.74, 6) is 0.965. The molecule has 2 heterocycles. The first-order chi connectivity index (χ1) is 8.25. The van der Waals surface area contributed by atoms with Crippen LogP contribution in [0.4, 0.5) is 0 Å². The van der Waals surface area contributed by atoms with Gasteiger partial charge in [-0.2, -0.15) is 0 Å². The van der Waals surface area contributed by atoms with Crippen LogP contribution in [0, 0.1) is 6.92 Å². The number of H-pyrrole nitrogens is 1. The molecule has 4 heteroatoms. The monoisotopic (exact) mass is 248 g/mol. The number of nitrogens with zero attached hydrogens (tertiary/aromatic N) is 1. The Morgan fingerprint density at radius 2 is 2.35 bits per heavy atom. The number of thiophene rings is 1. The number of hydrogen-bond donors (Lipinski definition) is 2. The largest absolute Gasteiger partial charge is 0.395 e. The second kappa shape index (κ2) is 3.96. The maximum atomic E-state index is 9.56. The standard InChI is InChI=1S/C13H16N2OS/c1-9-11(10-4-2-7-17-10)15-12(14-9)13(8-16)5-3-6-13/h2,4,7,16H,3,5-6,8H2,1H3,(H,14,15). The van der Waals surface area contributed by atoms with Gasteiger partial charge in [-0.3, -0.25) is 0 Å². The minimum Gasteiger partial charge on any atom is -0.395 e. The van der Waals surface area contributed by atoms with Gasteiger partial charge in [-0.05, 0) is 31.2 Å². The third-order valence-corrected chi connectivity index (χ3v) is 4.63. The van der Waals surface area contributed by atoms with Crippen molar-refractivity contribution in [2.75, 3.05) is 6.61 Å². The molecule has 1 aliphatic carbocycles. The van der Waals surface area contributed by atoms with E-state index < -0.39 is 0 Å². The summed E-state index contributed by atoms with van der Waals surface area (Å²) in [4.78, 5) is 9.27. The van der Waals surface area contributed by atoms with Crippen LogP contribution in [0.1, 0.15) is 30.8 Å². The molecule has 90 valence electrons. The van der Waals surface area contributed by atoms with Gasteiger partial charge in [-0.25, -0.2) is 4.98 Å². The average molecular weight is 248 g/mol. The molecule has 2 N–H and O–H groups in total. The fraction of sp³-hybridized carbons (Fsp3) is 0.462. The zero-order valence-corrected chi connectivity index (χ0v) is 10.7. The van der Waals surface area contributed by atoms with Crippen molar-refractivity contribution in [2.24, 2.45) is 0 Å². The Morgan fingerprint density at radius 3 is 2.88 bits per heavy atom. The molecule has 0 bridgehead atoms. The number of aryl methyl sites for hydroxylation is 1. The number of aliphatic hydroxyl groups excluding tert-OH is 1. The summed E-state index contributed by atoms with van der Waals surface area (Å²) in [5.41, 5.74) is 2.04. The van der Waals surface area contributed by atoms with E-state index in [0.717, 1.165) is 30.1 Å². The summed E-state index contributed by atoms with van der Waals surface area (Å²) in [6.07, 6.45) is 3.27. The van der Waals surface area contributed by atoms with Gasteiger partial charge in [0.1, 0.15) is 11.5 Å².